The van der Waals surface area contributed by atoms with Crippen LogP contribution in [0, 0.1) is 0 Å². The van der Waals surface area contributed by atoms with E-state index < -0.39 is 0 Å². The third-order valence-corrected chi connectivity index (χ3v) is 6.62. The molecule has 0 atom stereocenters. The maximum atomic E-state index is 2.54. The van der Waals surface area contributed by atoms with Crippen LogP contribution in [0.4, 0.5) is 0 Å². The van der Waals surface area contributed by atoms with E-state index in [1.54, 1.807) is 0 Å². The number of alkyl halides is 1. The molecule has 0 saturated carbocycles. The fourth-order valence-corrected chi connectivity index (χ4v) is 3.29. The van der Waals surface area contributed by atoms with Crippen LogP contribution in [-0.2, 0) is 0 Å². The number of halogens is 1. The second kappa shape index (κ2) is 5.92. The minimum atomic E-state index is 0.0556. The van der Waals surface area contributed by atoms with E-state index in [1.165, 1.54) is 0 Å². The Balaban J connectivity index is 4.78. The highest BCUT2D eigenvalue weighted by Crippen LogP contribution is 2.38. The molecule has 4 heteroatoms. The van der Waals surface area contributed by atoms with E-state index in [4.69, 9.17) is 0 Å². The predicted molar refractivity (Wildman–Crippen MR) is 76.1 cm³/mol. The van der Waals surface area contributed by atoms with Crippen molar-refractivity contribution in [1.82, 2.24) is 9.80 Å². The Morgan fingerprint density at radius 2 is 1.29 bits per heavy atom. The molecular formula is C10H23IN2S. The molecule has 0 amide bonds. The Morgan fingerprint density at radius 1 is 1.00 bits per heavy atom. The molecule has 0 rings (SSSR count). The molecule has 0 spiro atoms. The summed E-state index contributed by atoms with van der Waals surface area (Å²) in [7, 11) is 4.37. The largest absolute Gasteiger partial charge is 0.269 e. The summed E-state index contributed by atoms with van der Waals surface area (Å²) in [5, 5.41) is 0. The molecule has 0 bridgehead atoms. The van der Waals surface area contributed by atoms with Crippen LogP contribution in [0.5, 0.6) is 0 Å². The molecule has 0 fully saturated rings. The number of nitrogens with zero attached hydrogens (tertiary/aromatic N) is 2. The van der Waals surface area contributed by atoms with Crippen LogP contribution in [0.25, 0.3) is 0 Å². The molecule has 0 saturated heterocycles. The van der Waals surface area contributed by atoms with E-state index in [0.717, 1.165) is 0 Å². The molecular weight excluding hydrogens is 307 g/mol. The average Bonchev–Trinajstić information content (AvgIpc) is 2.13. The number of thioether (sulfide) groups is 1. The van der Waals surface area contributed by atoms with Gasteiger partial charge in [0.05, 0.1) is 0 Å². The maximum absolute atomic E-state index is 2.54. The van der Waals surface area contributed by atoms with Gasteiger partial charge in [-0.3, -0.25) is 9.80 Å². The van der Waals surface area contributed by atoms with Gasteiger partial charge >= 0.3 is 0 Å². The van der Waals surface area contributed by atoms with Gasteiger partial charge in [0.15, 0.2) is 3.00 Å². The topological polar surface area (TPSA) is 6.48 Å². The zero-order chi connectivity index (χ0) is 11.5. The highest BCUT2D eigenvalue weighted by atomic mass is 127. The Hall–Kier alpha value is 1.00. The first kappa shape index (κ1) is 15.0. The first-order chi connectivity index (χ1) is 6.27. The number of hydrogen-bond donors (Lipinski definition) is 0. The third kappa shape index (κ3) is 3.25. The highest BCUT2D eigenvalue weighted by molar-refractivity contribution is 14.1. The maximum Gasteiger partial charge on any atom is 0.175 e. The smallest absolute Gasteiger partial charge is 0.175 e. The van der Waals surface area contributed by atoms with Crippen LogP contribution < -0.4 is 0 Å². The fourth-order valence-electron chi connectivity index (χ4n) is 1.17. The Labute approximate surface area is 107 Å². The van der Waals surface area contributed by atoms with E-state index in [-0.39, 0.29) is 3.00 Å². The zero-order valence-electron chi connectivity index (χ0n) is 10.3. The minimum Gasteiger partial charge on any atom is -0.269 e. The molecule has 0 aliphatic heterocycles. The van der Waals surface area contributed by atoms with Crippen LogP contribution in [0.1, 0.15) is 27.7 Å². The molecule has 0 aromatic heterocycles. The lowest BCUT2D eigenvalue weighted by Gasteiger charge is -2.46. The van der Waals surface area contributed by atoms with E-state index in [0.29, 0.717) is 12.1 Å². The second-order valence-electron chi connectivity index (χ2n) is 4.14. The molecule has 86 valence electrons. The van der Waals surface area contributed by atoms with Crippen molar-refractivity contribution in [3.8, 4) is 0 Å². The van der Waals surface area contributed by atoms with Crippen molar-refractivity contribution in [2.24, 2.45) is 0 Å². The van der Waals surface area contributed by atoms with Crippen LogP contribution in [0.3, 0.4) is 0 Å². The molecule has 0 aromatic rings. The normalized spacial score (nSPS) is 13.7. The molecule has 0 unspecified atom stereocenters. The van der Waals surface area contributed by atoms with Gasteiger partial charge in [0.25, 0.3) is 0 Å². The Kier molecular flexibility index (Phi) is 6.34. The Bertz CT molecular complexity index is 160. The molecule has 0 aliphatic carbocycles. The van der Waals surface area contributed by atoms with E-state index in [2.05, 4.69) is 80.4 Å². The van der Waals surface area contributed by atoms with Crippen LogP contribution >= 0.6 is 34.4 Å². The quantitative estimate of drug-likeness (QED) is 0.331. The van der Waals surface area contributed by atoms with E-state index >= 15 is 0 Å². The van der Waals surface area contributed by atoms with Crippen molar-refractivity contribution in [3.05, 3.63) is 0 Å². The first-order valence-corrected chi connectivity index (χ1v) is 7.27. The van der Waals surface area contributed by atoms with Crippen molar-refractivity contribution in [1.29, 1.82) is 0 Å². The first-order valence-electron chi connectivity index (χ1n) is 4.97. The summed E-state index contributed by atoms with van der Waals surface area (Å²) < 4.78 is 0.0556. The molecule has 0 radical (unpaired) electrons. The number of rotatable bonds is 5. The zero-order valence-corrected chi connectivity index (χ0v) is 13.3. The van der Waals surface area contributed by atoms with Crippen LogP contribution in [0.15, 0.2) is 0 Å². The number of hydrogen-bond acceptors (Lipinski definition) is 3. The van der Waals surface area contributed by atoms with Crippen molar-refractivity contribution in [3.63, 3.8) is 0 Å². The summed E-state index contributed by atoms with van der Waals surface area (Å²) in [4.78, 5) is 4.80. The lowest BCUT2D eigenvalue weighted by Crippen LogP contribution is -2.55. The monoisotopic (exact) mass is 330 g/mol. The molecule has 14 heavy (non-hydrogen) atoms. The van der Waals surface area contributed by atoms with Gasteiger partial charge in [0.1, 0.15) is 0 Å². The van der Waals surface area contributed by atoms with Gasteiger partial charge in [-0.2, -0.15) is 0 Å². The summed E-state index contributed by atoms with van der Waals surface area (Å²) >= 11 is 4.42. The standard InChI is InChI=1S/C10H23IN2S/c1-8(2)12(5)10(11,14-7)13(6)9(3)4/h8-9H,1-7H3. The molecule has 0 N–H and O–H groups in total. The summed E-state index contributed by atoms with van der Waals surface area (Å²) in [6, 6.07) is 1.11. The van der Waals surface area contributed by atoms with Crippen molar-refractivity contribution >= 4 is 34.4 Å². The minimum absolute atomic E-state index is 0.0556. The molecule has 0 aliphatic rings. The molecule has 2 nitrogen and oxygen atoms in total. The predicted octanol–water partition coefficient (Wildman–Crippen LogP) is 3.08. The van der Waals surface area contributed by atoms with Gasteiger partial charge in [-0.1, -0.05) is 0 Å². The average molecular weight is 330 g/mol. The lowest BCUT2D eigenvalue weighted by molar-refractivity contribution is 0.0903. The van der Waals surface area contributed by atoms with Gasteiger partial charge in [-0.05, 0) is 70.6 Å². The van der Waals surface area contributed by atoms with Crippen molar-refractivity contribution in [2.45, 2.75) is 42.8 Å². The third-order valence-electron chi connectivity index (χ3n) is 2.68. The SMILES string of the molecule is CSC(I)(N(C)C(C)C)N(C)C(C)C. The molecule has 0 heterocycles. The van der Waals surface area contributed by atoms with Crippen molar-refractivity contribution in [2.75, 3.05) is 20.4 Å². The molecule has 0 aromatic carbocycles. The van der Waals surface area contributed by atoms with E-state index in [1.807, 2.05) is 11.8 Å². The summed E-state index contributed by atoms with van der Waals surface area (Å²) in [5.74, 6) is 0. The van der Waals surface area contributed by atoms with Crippen LogP contribution in [-0.4, -0.2) is 45.2 Å². The van der Waals surface area contributed by atoms with Gasteiger partial charge in [0, 0.05) is 12.1 Å². The highest BCUT2D eigenvalue weighted by Gasteiger charge is 2.37. The lowest BCUT2D eigenvalue weighted by atomic mass is 10.3. The summed E-state index contributed by atoms with van der Waals surface area (Å²) in [6.07, 6.45) is 2.17. The van der Waals surface area contributed by atoms with Gasteiger partial charge < -0.3 is 0 Å². The van der Waals surface area contributed by atoms with Gasteiger partial charge in [0.2, 0.25) is 0 Å². The fraction of sp³-hybridized carbons (Fsp3) is 1.00. The second-order valence-corrected chi connectivity index (χ2v) is 7.36. The summed E-state index contributed by atoms with van der Waals surface area (Å²) in [6.45, 7) is 8.94. The van der Waals surface area contributed by atoms with Crippen molar-refractivity contribution < 1.29 is 0 Å². The van der Waals surface area contributed by atoms with Gasteiger partial charge in [-0.15, -0.1) is 11.8 Å². The van der Waals surface area contributed by atoms with Gasteiger partial charge in [-0.25, -0.2) is 0 Å². The Morgan fingerprint density at radius 3 is 1.43 bits per heavy atom. The van der Waals surface area contributed by atoms with Crippen LogP contribution in [0.2, 0.25) is 0 Å². The summed E-state index contributed by atoms with van der Waals surface area (Å²) in [5.41, 5.74) is 0. The van der Waals surface area contributed by atoms with E-state index in [9.17, 15) is 0 Å².